The highest BCUT2D eigenvalue weighted by molar-refractivity contribution is 8.06. The van der Waals surface area contributed by atoms with Gasteiger partial charge in [0.15, 0.2) is 0 Å². The molecule has 0 aromatic rings. The number of rotatable bonds is 4. The number of carbonyl (C=O) groups is 1. The Kier molecular flexibility index (Phi) is 5.47. The van der Waals surface area contributed by atoms with Gasteiger partial charge >= 0.3 is 0 Å². The Morgan fingerprint density at radius 3 is 3.00 bits per heavy atom. The molecule has 6 heteroatoms. The molecule has 0 aromatic heterocycles. The van der Waals surface area contributed by atoms with Crippen molar-refractivity contribution in [2.75, 3.05) is 44.1 Å². The molecule has 0 spiro atoms. The van der Waals surface area contributed by atoms with Gasteiger partial charge in [-0.2, -0.15) is 23.5 Å². The molecule has 0 bridgehead atoms. The minimum atomic E-state index is -0.0266. The molecule has 0 aliphatic carbocycles. The van der Waals surface area contributed by atoms with Crippen LogP contribution < -0.4 is 10.6 Å². The van der Waals surface area contributed by atoms with Crippen LogP contribution >= 0.6 is 23.5 Å². The minimum absolute atomic E-state index is 0.0266. The molecule has 2 aliphatic rings. The van der Waals surface area contributed by atoms with Crippen LogP contribution in [0.15, 0.2) is 0 Å². The summed E-state index contributed by atoms with van der Waals surface area (Å²) in [5.41, 5.74) is 0. The third-order valence-corrected chi connectivity index (χ3v) is 6.02. The van der Waals surface area contributed by atoms with Gasteiger partial charge in [-0.1, -0.05) is 0 Å². The Morgan fingerprint density at radius 2 is 2.29 bits per heavy atom. The number of thioether (sulfide) groups is 2. The van der Waals surface area contributed by atoms with Crippen LogP contribution in [0, 0.1) is 5.92 Å². The largest absolute Gasteiger partial charge is 0.379 e. The summed E-state index contributed by atoms with van der Waals surface area (Å²) < 4.78 is 5.34. The molecule has 17 heavy (non-hydrogen) atoms. The topological polar surface area (TPSA) is 50.4 Å². The van der Waals surface area contributed by atoms with E-state index in [4.69, 9.17) is 4.74 Å². The molecular weight excluding hydrogens is 256 g/mol. The fraction of sp³-hybridized carbons (Fsp3) is 0.909. The molecule has 0 saturated carbocycles. The average molecular weight is 276 g/mol. The van der Waals surface area contributed by atoms with Crippen molar-refractivity contribution in [1.82, 2.24) is 10.6 Å². The number of hydrogen-bond acceptors (Lipinski definition) is 5. The highest BCUT2D eigenvalue weighted by atomic mass is 32.2. The summed E-state index contributed by atoms with van der Waals surface area (Å²) in [6, 6.07) is 0.170. The molecule has 2 aliphatic heterocycles. The molecular formula is C11H20N2O2S2. The molecule has 2 fully saturated rings. The number of ether oxygens (including phenoxy) is 1. The average Bonchev–Trinajstić information content (AvgIpc) is 2.85. The van der Waals surface area contributed by atoms with Crippen molar-refractivity contribution in [2.24, 2.45) is 5.92 Å². The van der Waals surface area contributed by atoms with Gasteiger partial charge in [-0.05, 0) is 7.05 Å². The lowest BCUT2D eigenvalue weighted by molar-refractivity contribution is -0.125. The van der Waals surface area contributed by atoms with Gasteiger partial charge in [0.05, 0.1) is 19.1 Å². The van der Waals surface area contributed by atoms with Gasteiger partial charge in [0, 0.05) is 35.1 Å². The van der Waals surface area contributed by atoms with E-state index in [2.05, 4.69) is 10.6 Å². The second kappa shape index (κ2) is 6.87. The smallest absolute Gasteiger partial charge is 0.227 e. The van der Waals surface area contributed by atoms with E-state index in [0.717, 1.165) is 12.3 Å². The maximum atomic E-state index is 12.0. The van der Waals surface area contributed by atoms with E-state index in [9.17, 15) is 4.79 Å². The van der Waals surface area contributed by atoms with Crippen LogP contribution in [0.25, 0.3) is 0 Å². The van der Waals surface area contributed by atoms with Crippen molar-refractivity contribution < 1.29 is 9.53 Å². The fourth-order valence-electron chi connectivity index (χ4n) is 2.10. The predicted molar refractivity (Wildman–Crippen MR) is 73.7 cm³/mol. The van der Waals surface area contributed by atoms with Crippen molar-refractivity contribution in [3.8, 4) is 0 Å². The first kappa shape index (κ1) is 13.5. The van der Waals surface area contributed by atoms with E-state index in [-0.39, 0.29) is 17.9 Å². The van der Waals surface area contributed by atoms with E-state index in [1.54, 1.807) is 0 Å². The van der Waals surface area contributed by atoms with E-state index in [1.807, 2.05) is 30.6 Å². The van der Waals surface area contributed by atoms with Crippen molar-refractivity contribution in [3.05, 3.63) is 0 Å². The van der Waals surface area contributed by atoms with Crippen LogP contribution in [-0.2, 0) is 9.53 Å². The Hall–Kier alpha value is 0.0900. The Bertz CT molecular complexity index is 260. The van der Waals surface area contributed by atoms with Gasteiger partial charge in [0.25, 0.3) is 0 Å². The SMILES string of the molecule is CNC1COCC1C(=O)NCC1CSCCS1. The molecule has 0 radical (unpaired) electrons. The van der Waals surface area contributed by atoms with Crippen molar-refractivity contribution >= 4 is 29.4 Å². The first-order valence-corrected chi connectivity index (χ1v) is 8.23. The quantitative estimate of drug-likeness (QED) is 0.767. The molecule has 4 nitrogen and oxygen atoms in total. The number of hydrogen-bond donors (Lipinski definition) is 2. The van der Waals surface area contributed by atoms with E-state index in [1.165, 1.54) is 11.5 Å². The number of amides is 1. The second-order valence-electron chi connectivity index (χ2n) is 4.35. The lowest BCUT2D eigenvalue weighted by Crippen LogP contribution is -2.44. The highest BCUT2D eigenvalue weighted by Crippen LogP contribution is 2.23. The monoisotopic (exact) mass is 276 g/mol. The van der Waals surface area contributed by atoms with Crippen LogP contribution in [0.1, 0.15) is 0 Å². The number of carbonyl (C=O) groups excluding carboxylic acids is 1. The second-order valence-corrected chi connectivity index (χ2v) is 6.91. The first-order chi connectivity index (χ1) is 8.31. The molecule has 3 unspecified atom stereocenters. The van der Waals surface area contributed by atoms with Gasteiger partial charge < -0.3 is 15.4 Å². The predicted octanol–water partition coefficient (Wildman–Crippen LogP) is 0.186. The van der Waals surface area contributed by atoms with Gasteiger partial charge in [-0.15, -0.1) is 0 Å². The van der Waals surface area contributed by atoms with Crippen molar-refractivity contribution in [1.29, 1.82) is 0 Å². The van der Waals surface area contributed by atoms with Gasteiger partial charge in [0.1, 0.15) is 0 Å². The Balaban J connectivity index is 1.72. The molecule has 1 amide bonds. The van der Waals surface area contributed by atoms with E-state index >= 15 is 0 Å². The Labute approximate surface area is 111 Å². The summed E-state index contributed by atoms with van der Waals surface area (Å²) >= 11 is 3.95. The molecule has 3 atom stereocenters. The number of likely N-dealkylation sites (N-methyl/N-ethyl adjacent to an activating group) is 1. The normalized spacial score (nSPS) is 33.6. The molecule has 2 rings (SSSR count). The molecule has 2 saturated heterocycles. The summed E-state index contributed by atoms with van der Waals surface area (Å²) in [6.45, 7) is 1.98. The van der Waals surface area contributed by atoms with Gasteiger partial charge in [0.2, 0.25) is 5.91 Å². The summed E-state index contributed by atoms with van der Waals surface area (Å²) in [5.74, 6) is 3.71. The van der Waals surface area contributed by atoms with Crippen LogP contribution in [0.5, 0.6) is 0 Å². The van der Waals surface area contributed by atoms with E-state index < -0.39 is 0 Å². The summed E-state index contributed by atoms with van der Waals surface area (Å²) in [5, 5.41) is 6.78. The summed E-state index contributed by atoms with van der Waals surface area (Å²) in [7, 11) is 1.88. The molecule has 0 aromatic carbocycles. The zero-order valence-corrected chi connectivity index (χ0v) is 11.7. The van der Waals surface area contributed by atoms with Crippen LogP contribution in [0.2, 0.25) is 0 Å². The third kappa shape index (κ3) is 3.77. The van der Waals surface area contributed by atoms with Crippen molar-refractivity contribution in [2.45, 2.75) is 11.3 Å². The van der Waals surface area contributed by atoms with Crippen LogP contribution in [0.3, 0.4) is 0 Å². The zero-order valence-electron chi connectivity index (χ0n) is 10.1. The zero-order chi connectivity index (χ0) is 12.1. The maximum absolute atomic E-state index is 12.0. The maximum Gasteiger partial charge on any atom is 0.227 e. The first-order valence-electron chi connectivity index (χ1n) is 6.03. The molecule has 2 heterocycles. The summed E-state index contributed by atoms with van der Waals surface area (Å²) in [6.07, 6.45) is 0. The molecule has 98 valence electrons. The highest BCUT2D eigenvalue weighted by Gasteiger charge is 2.33. The van der Waals surface area contributed by atoms with E-state index in [0.29, 0.717) is 18.5 Å². The standard InChI is InChI=1S/C11H20N2O2S2/c1-12-10-6-15-5-9(10)11(14)13-4-8-7-16-2-3-17-8/h8-10,12H,2-7H2,1H3,(H,13,14). The Morgan fingerprint density at radius 1 is 1.41 bits per heavy atom. The lowest BCUT2D eigenvalue weighted by Gasteiger charge is -2.23. The van der Waals surface area contributed by atoms with Crippen LogP contribution in [-0.4, -0.2) is 61.3 Å². The molecule has 2 N–H and O–H groups in total. The minimum Gasteiger partial charge on any atom is -0.379 e. The lowest BCUT2D eigenvalue weighted by atomic mass is 10.0. The van der Waals surface area contributed by atoms with Gasteiger partial charge in [-0.25, -0.2) is 0 Å². The third-order valence-electron chi connectivity index (χ3n) is 3.18. The van der Waals surface area contributed by atoms with Crippen LogP contribution in [0.4, 0.5) is 0 Å². The number of nitrogens with one attached hydrogen (secondary N) is 2. The van der Waals surface area contributed by atoms with Gasteiger partial charge in [-0.3, -0.25) is 4.79 Å². The van der Waals surface area contributed by atoms with Crippen molar-refractivity contribution in [3.63, 3.8) is 0 Å². The fourth-order valence-corrected chi connectivity index (χ4v) is 4.71. The summed E-state index contributed by atoms with van der Waals surface area (Å²) in [4.78, 5) is 12.0.